The number of nitrogens with one attached hydrogen (secondary N) is 1. The van der Waals surface area contributed by atoms with Crippen molar-refractivity contribution in [1.29, 1.82) is 0 Å². The molecule has 10 nitrogen and oxygen atoms in total. The second-order valence-corrected chi connectivity index (χ2v) is 8.55. The van der Waals surface area contributed by atoms with Crippen LogP contribution in [0.3, 0.4) is 0 Å². The van der Waals surface area contributed by atoms with Crippen LogP contribution >= 0.6 is 0 Å². The summed E-state index contributed by atoms with van der Waals surface area (Å²) in [6.45, 7) is 1.80. The van der Waals surface area contributed by atoms with Crippen LogP contribution in [0.2, 0.25) is 0 Å². The molecule has 0 saturated heterocycles. The SMILES string of the molecule is Cc1nc2ccccc2c2c(NC(=O)Cn3cnc4c3c(=O)n(C)c(=O)n4C)c3ccccc3n12. The molecule has 0 aliphatic carbocycles. The smallest absolute Gasteiger partial charge is 0.322 e. The van der Waals surface area contributed by atoms with Gasteiger partial charge in [-0.2, -0.15) is 0 Å². The minimum absolute atomic E-state index is 0.141. The number of aryl methyl sites for hydroxylation is 2. The molecule has 0 unspecified atom stereocenters. The van der Waals surface area contributed by atoms with E-state index in [1.54, 1.807) is 7.05 Å². The molecule has 6 aromatic rings. The lowest BCUT2D eigenvalue weighted by molar-refractivity contribution is -0.116. The van der Waals surface area contributed by atoms with Gasteiger partial charge < -0.3 is 9.88 Å². The molecular weight excluding hydrogens is 446 g/mol. The lowest BCUT2D eigenvalue weighted by Gasteiger charge is -2.10. The lowest BCUT2D eigenvalue weighted by Crippen LogP contribution is -2.37. The highest BCUT2D eigenvalue weighted by Gasteiger charge is 2.20. The highest BCUT2D eigenvalue weighted by molar-refractivity contribution is 6.16. The number of imidazole rings is 1. The number of rotatable bonds is 3. The zero-order chi connectivity index (χ0) is 24.4. The molecule has 0 saturated carbocycles. The number of carbonyl (C=O) groups is 1. The van der Waals surface area contributed by atoms with Gasteiger partial charge in [0.25, 0.3) is 5.56 Å². The van der Waals surface area contributed by atoms with Crippen LogP contribution in [-0.4, -0.2) is 34.0 Å². The van der Waals surface area contributed by atoms with Crippen molar-refractivity contribution in [3.8, 4) is 0 Å². The molecule has 0 bridgehead atoms. The Morgan fingerprint density at radius 2 is 1.66 bits per heavy atom. The molecular formula is C25H21N7O3. The van der Waals surface area contributed by atoms with E-state index in [2.05, 4.69) is 10.3 Å². The van der Waals surface area contributed by atoms with Crippen molar-refractivity contribution in [3.63, 3.8) is 0 Å². The average Bonchev–Trinajstić information content (AvgIpc) is 3.42. The Kier molecular flexibility index (Phi) is 4.40. The van der Waals surface area contributed by atoms with Crippen LogP contribution in [0.15, 0.2) is 64.4 Å². The first-order chi connectivity index (χ1) is 16.9. The number of benzene rings is 2. The summed E-state index contributed by atoms with van der Waals surface area (Å²) in [5, 5.41) is 4.88. The summed E-state index contributed by atoms with van der Waals surface area (Å²) < 4.78 is 5.82. The van der Waals surface area contributed by atoms with E-state index in [4.69, 9.17) is 4.98 Å². The Morgan fingerprint density at radius 1 is 0.943 bits per heavy atom. The fraction of sp³-hybridized carbons (Fsp3) is 0.160. The van der Waals surface area contributed by atoms with Gasteiger partial charge in [-0.3, -0.25) is 23.1 Å². The van der Waals surface area contributed by atoms with Gasteiger partial charge in [-0.15, -0.1) is 0 Å². The van der Waals surface area contributed by atoms with E-state index in [0.29, 0.717) is 5.69 Å². The van der Waals surface area contributed by atoms with E-state index in [-0.39, 0.29) is 23.6 Å². The molecule has 174 valence electrons. The molecule has 1 amide bonds. The third-order valence-electron chi connectivity index (χ3n) is 6.44. The third-order valence-corrected chi connectivity index (χ3v) is 6.44. The van der Waals surface area contributed by atoms with Crippen LogP contribution < -0.4 is 16.6 Å². The predicted octanol–water partition coefficient (Wildman–Crippen LogP) is 2.33. The second kappa shape index (κ2) is 7.39. The summed E-state index contributed by atoms with van der Waals surface area (Å²) in [5.74, 6) is 0.484. The normalized spacial score (nSPS) is 11.7. The van der Waals surface area contributed by atoms with Gasteiger partial charge in [0.05, 0.1) is 28.6 Å². The molecule has 0 atom stereocenters. The van der Waals surface area contributed by atoms with E-state index in [1.165, 1.54) is 22.5 Å². The summed E-state index contributed by atoms with van der Waals surface area (Å²) in [6, 6.07) is 15.6. The topological polar surface area (TPSA) is 108 Å². The zero-order valence-electron chi connectivity index (χ0n) is 19.3. The number of nitrogens with zero attached hydrogens (tertiary/aromatic N) is 6. The average molecular weight is 467 g/mol. The fourth-order valence-electron chi connectivity index (χ4n) is 4.80. The molecule has 0 aliphatic heterocycles. The van der Waals surface area contributed by atoms with Crippen molar-refractivity contribution in [2.75, 3.05) is 5.32 Å². The predicted molar refractivity (Wildman–Crippen MR) is 134 cm³/mol. The minimum atomic E-state index is -0.499. The molecule has 4 heterocycles. The van der Waals surface area contributed by atoms with E-state index in [9.17, 15) is 14.4 Å². The van der Waals surface area contributed by atoms with Gasteiger partial charge in [0.15, 0.2) is 11.2 Å². The van der Waals surface area contributed by atoms with E-state index in [0.717, 1.165) is 37.7 Å². The first kappa shape index (κ1) is 20.8. The Hall–Kier alpha value is -4.73. The highest BCUT2D eigenvalue weighted by atomic mass is 16.2. The first-order valence-corrected chi connectivity index (χ1v) is 11.1. The Bertz CT molecular complexity index is 1960. The van der Waals surface area contributed by atoms with Crippen LogP contribution in [0.25, 0.3) is 38.5 Å². The maximum atomic E-state index is 13.3. The van der Waals surface area contributed by atoms with Gasteiger partial charge in [0.1, 0.15) is 12.4 Å². The van der Waals surface area contributed by atoms with Gasteiger partial charge >= 0.3 is 5.69 Å². The van der Waals surface area contributed by atoms with Gasteiger partial charge in [0, 0.05) is 24.9 Å². The number of hydrogen-bond acceptors (Lipinski definition) is 5. The van der Waals surface area contributed by atoms with Crippen molar-refractivity contribution in [2.45, 2.75) is 13.5 Å². The van der Waals surface area contributed by atoms with E-state index >= 15 is 0 Å². The van der Waals surface area contributed by atoms with Gasteiger partial charge in [0.2, 0.25) is 5.91 Å². The van der Waals surface area contributed by atoms with E-state index < -0.39 is 11.2 Å². The quantitative estimate of drug-likeness (QED) is 0.430. The Balaban J connectivity index is 1.51. The molecule has 4 aromatic heterocycles. The minimum Gasteiger partial charge on any atom is -0.322 e. The molecule has 1 N–H and O–H groups in total. The zero-order valence-corrected chi connectivity index (χ0v) is 19.3. The maximum absolute atomic E-state index is 13.3. The van der Waals surface area contributed by atoms with Crippen molar-refractivity contribution < 1.29 is 4.79 Å². The van der Waals surface area contributed by atoms with Crippen LogP contribution in [-0.2, 0) is 25.4 Å². The van der Waals surface area contributed by atoms with E-state index in [1.807, 2.05) is 59.9 Å². The summed E-state index contributed by atoms with van der Waals surface area (Å²) >= 11 is 0. The second-order valence-electron chi connectivity index (χ2n) is 8.55. The molecule has 0 fully saturated rings. The number of fused-ring (bicyclic) bond motifs is 6. The van der Waals surface area contributed by atoms with Gasteiger partial charge in [-0.05, 0) is 19.1 Å². The maximum Gasteiger partial charge on any atom is 0.332 e. The van der Waals surface area contributed by atoms with Gasteiger partial charge in [-0.1, -0.05) is 36.4 Å². The van der Waals surface area contributed by atoms with Crippen LogP contribution in [0.5, 0.6) is 0 Å². The summed E-state index contributed by atoms with van der Waals surface area (Å²) in [6.07, 6.45) is 1.41. The summed E-state index contributed by atoms with van der Waals surface area (Å²) in [7, 11) is 2.95. The molecule has 0 aliphatic rings. The first-order valence-electron chi connectivity index (χ1n) is 11.1. The molecule has 35 heavy (non-hydrogen) atoms. The standard InChI is InChI=1S/C25H21N7O3/c1-14-27-17-10-6-4-8-15(17)21-20(16-9-5-7-11-18(16)32(14)21)28-19(33)12-31-13-26-23-22(31)24(34)30(3)25(35)29(23)2/h4-11,13H,12H2,1-3H3,(H,28,33). The number of anilines is 1. The summed E-state index contributed by atoms with van der Waals surface area (Å²) in [4.78, 5) is 47.2. The number of amides is 1. The van der Waals surface area contributed by atoms with Crippen molar-refractivity contribution in [3.05, 3.63) is 81.5 Å². The molecule has 10 heteroatoms. The van der Waals surface area contributed by atoms with Crippen molar-refractivity contribution in [2.24, 2.45) is 14.1 Å². The highest BCUT2D eigenvalue weighted by Crippen LogP contribution is 2.36. The summed E-state index contributed by atoms with van der Waals surface area (Å²) in [5.41, 5.74) is 2.76. The number of aromatic nitrogens is 6. The number of hydrogen-bond donors (Lipinski definition) is 1. The van der Waals surface area contributed by atoms with Crippen LogP contribution in [0.4, 0.5) is 5.69 Å². The molecule has 6 rings (SSSR count). The monoisotopic (exact) mass is 467 g/mol. The third kappa shape index (κ3) is 2.92. The lowest BCUT2D eigenvalue weighted by atomic mass is 10.1. The fourth-order valence-corrected chi connectivity index (χ4v) is 4.80. The molecule has 2 aromatic carbocycles. The molecule has 0 radical (unpaired) electrons. The molecule has 0 spiro atoms. The largest absolute Gasteiger partial charge is 0.332 e. The Morgan fingerprint density at radius 3 is 2.46 bits per heavy atom. The Labute approximate surface area is 197 Å². The van der Waals surface area contributed by atoms with Crippen LogP contribution in [0.1, 0.15) is 5.82 Å². The number of para-hydroxylation sites is 2. The van der Waals surface area contributed by atoms with Gasteiger partial charge in [-0.25, -0.2) is 14.8 Å². The van der Waals surface area contributed by atoms with Crippen LogP contribution in [0, 0.1) is 6.92 Å². The van der Waals surface area contributed by atoms with Crippen molar-refractivity contribution in [1.82, 2.24) is 28.1 Å². The van der Waals surface area contributed by atoms with Crippen molar-refractivity contribution >= 4 is 50.1 Å². The number of carbonyl (C=O) groups excluding carboxylic acids is 1.